The molecule has 0 saturated heterocycles. The Kier molecular flexibility index (Phi) is 5.05. The van der Waals surface area contributed by atoms with Crippen molar-refractivity contribution in [3.05, 3.63) is 42.1 Å². The first-order valence-electron chi connectivity index (χ1n) is 6.48. The van der Waals surface area contributed by atoms with Crippen molar-refractivity contribution in [2.45, 2.75) is 11.8 Å². The number of aromatic nitrogens is 1. The van der Waals surface area contributed by atoms with E-state index in [1.54, 1.807) is 24.8 Å². The minimum absolute atomic E-state index is 0.300. The van der Waals surface area contributed by atoms with Crippen molar-refractivity contribution in [2.75, 3.05) is 23.9 Å². The van der Waals surface area contributed by atoms with E-state index in [1.807, 2.05) is 30.5 Å². The molecule has 6 heteroatoms. The van der Waals surface area contributed by atoms with Crippen molar-refractivity contribution in [3.8, 4) is 0 Å². The first-order chi connectivity index (χ1) is 10.2. The SMILES string of the molecule is CCOC(=O)c1cc(N)cnc1Nc1ccccc1SC. The summed E-state index contributed by atoms with van der Waals surface area (Å²) in [5.74, 6) is -0.00872. The van der Waals surface area contributed by atoms with Gasteiger partial charge in [-0.3, -0.25) is 0 Å². The van der Waals surface area contributed by atoms with Crippen LogP contribution in [0.25, 0.3) is 0 Å². The molecule has 0 unspecified atom stereocenters. The lowest BCUT2D eigenvalue weighted by Gasteiger charge is -2.13. The molecule has 0 bridgehead atoms. The summed E-state index contributed by atoms with van der Waals surface area (Å²) in [7, 11) is 0. The van der Waals surface area contributed by atoms with E-state index < -0.39 is 5.97 Å². The molecule has 1 aromatic carbocycles. The molecule has 0 amide bonds. The van der Waals surface area contributed by atoms with Crippen molar-refractivity contribution >= 4 is 34.9 Å². The van der Waals surface area contributed by atoms with Crippen LogP contribution >= 0.6 is 11.8 Å². The summed E-state index contributed by atoms with van der Waals surface area (Å²) in [5, 5.41) is 3.17. The normalized spacial score (nSPS) is 10.2. The molecule has 0 fully saturated rings. The zero-order valence-electron chi connectivity index (χ0n) is 11.9. The molecule has 0 atom stereocenters. The molecule has 0 radical (unpaired) electrons. The monoisotopic (exact) mass is 303 g/mol. The fourth-order valence-electron chi connectivity index (χ4n) is 1.82. The summed E-state index contributed by atoms with van der Waals surface area (Å²) < 4.78 is 5.04. The van der Waals surface area contributed by atoms with Gasteiger partial charge in [-0.2, -0.15) is 0 Å². The van der Waals surface area contributed by atoms with E-state index in [2.05, 4.69) is 10.3 Å². The number of thioether (sulfide) groups is 1. The second-order valence-corrected chi connectivity index (χ2v) is 5.06. The Morgan fingerprint density at radius 2 is 2.19 bits per heavy atom. The molecule has 5 nitrogen and oxygen atoms in total. The minimum atomic E-state index is -0.443. The highest BCUT2D eigenvalue weighted by molar-refractivity contribution is 7.98. The average Bonchev–Trinajstić information content (AvgIpc) is 2.49. The first-order valence-corrected chi connectivity index (χ1v) is 7.71. The standard InChI is InChI=1S/C15H17N3O2S/c1-3-20-15(19)11-8-10(16)9-17-14(11)18-12-6-4-5-7-13(12)21-2/h4-9H,3,16H2,1-2H3,(H,17,18). The third-order valence-electron chi connectivity index (χ3n) is 2.76. The highest BCUT2D eigenvalue weighted by atomic mass is 32.2. The number of hydrogen-bond donors (Lipinski definition) is 2. The molecule has 1 aromatic heterocycles. The number of nitrogens with one attached hydrogen (secondary N) is 1. The van der Waals surface area contributed by atoms with Crippen LogP contribution in [0.15, 0.2) is 41.4 Å². The number of hydrogen-bond acceptors (Lipinski definition) is 6. The molecular formula is C15H17N3O2S. The van der Waals surface area contributed by atoms with E-state index >= 15 is 0 Å². The van der Waals surface area contributed by atoms with Gasteiger partial charge >= 0.3 is 5.97 Å². The lowest BCUT2D eigenvalue weighted by molar-refractivity contribution is 0.0527. The van der Waals surface area contributed by atoms with Crippen molar-refractivity contribution in [2.24, 2.45) is 0 Å². The van der Waals surface area contributed by atoms with Crippen LogP contribution in [0.2, 0.25) is 0 Å². The van der Waals surface area contributed by atoms with E-state index in [9.17, 15) is 4.79 Å². The Morgan fingerprint density at radius 1 is 1.43 bits per heavy atom. The number of ether oxygens (including phenoxy) is 1. The van der Waals surface area contributed by atoms with Gasteiger partial charge in [0.2, 0.25) is 0 Å². The van der Waals surface area contributed by atoms with Crippen molar-refractivity contribution in [1.29, 1.82) is 0 Å². The van der Waals surface area contributed by atoms with Crippen LogP contribution in [0.3, 0.4) is 0 Å². The van der Waals surface area contributed by atoms with Crippen LogP contribution in [0, 0.1) is 0 Å². The minimum Gasteiger partial charge on any atom is -0.462 e. The molecule has 0 saturated carbocycles. The topological polar surface area (TPSA) is 77.2 Å². The highest BCUT2D eigenvalue weighted by Crippen LogP contribution is 2.29. The van der Waals surface area contributed by atoms with Crippen LogP contribution < -0.4 is 11.1 Å². The van der Waals surface area contributed by atoms with Crippen molar-refractivity contribution in [3.63, 3.8) is 0 Å². The first kappa shape index (κ1) is 15.2. The van der Waals surface area contributed by atoms with Crippen LogP contribution in [-0.2, 0) is 4.74 Å². The maximum Gasteiger partial charge on any atom is 0.341 e. The Morgan fingerprint density at radius 3 is 2.90 bits per heavy atom. The molecule has 110 valence electrons. The zero-order chi connectivity index (χ0) is 15.2. The zero-order valence-corrected chi connectivity index (χ0v) is 12.7. The summed E-state index contributed by atoms with van der Waals surface area (Å²) in [6.07, 6.45) is 3.50. The molecule has 1 heterocycles. The number of carbonyl (C=O) groups is 1. The van der Waals surface area contributed by atoms with Crippen LogP contribution in [0.1, 0.15) is 17.3 Å². The fraction of sp³-hybridized carbons (Fsp3) is 0.200. The van der Waals surface area contributed by atoms with Gasteiger partial charge in [0.25, 0.3) is 0 Å². The quantitative estimate of drug-likeness (QED) is 0.652. The number of carbonyl (C=O) groups excluding carboxylic acids is 1. The highest BCUT2D eigenvalue weighted by Gasteiger charge is 2.15. The van der Waals surface area contributed by atoms with Gasteiger partial charge in [0.1, 0.15) is 11.4 Å². The average molecular weight is 303 g/mol. The second-order valence-electron chi connectivity index (χ2n) is 4.21. The number of pyridine rings is 1. The number of nitrogen functional groups attached to an aromatic ring is 1. The van der Waals surface area contributed by atoms with Gasteiger partial charge in [-0.25, -0.2) is 9.78 Å². The Bertz CT molecular complexity index is 647. The molecule has 0 aliphatic heterocycles. The van der Waals surface area contributed by atoms with Gasteiger partial charge in [-0.1, -0.05) is 12.1 Å². The van der Waals surface area contributed by atoms with Gasteiger partial charge in [0.15, 0.2) is 0 Å². The number of anilines is 3. The third-order valence-corrected chi connectivity index (χ3v) is 3.56. The number of benzene rings is 1. The summed E-state index contributed by atoms with van der Waals surface area (Å²) >= 11 is 1.61. The number of rotatable bonds is 5. The van der Waals surface area contributed by atoms with Gasteiger partial charge in [-0.15, -0.1) is 11.8 Å². The Balaban J connectivity index is 2.37. The molecule has 2 aromatic rings. The summed E-state index contributed by atoms with van der Waals surface area (Å²) in [6.45, 7) is 2.06. The van der Waals surface area contributed by atoms with E-state index in [0.717, 1.165) is 10.6 Å². The summed E-state index contributed by atoms with van der Waals surface area (Å²) in [4.78, 5) is 17.3. The van der Waals surface area contributed by atoms with Gasteiger partial charge < -0.3 is 15.8 Å². The molecule has 0 spiro atoms. The molecule has 2 rings (SSSR count). The number of esters is 1. The van der Waals surface area contributed by atoms with Crippen molar-refractivity contribution in [1.82, 2.24) is 4.98 Å². The predicted octanol–water partition coefficient (Wildman–Crippen LogP) is 3.31. The van der Waals surface area contributed by atoms with Gasteiger partial charge in [0, 0.05) is 4.90 Å². The van der Waals surface area contributed by atoms with E-state index in [-0.39, 0.29) is 0 Å². The second kappa shape index (κ2) is 6.99. The van der Waals surface area contributed by atoms with Crippen molar-refractivity contribution < 1.29 is 9.53 Å². The van der Waals surface area contributed by atoms with Gasteiger partial charge in [-0.05, 0) is 31.4 Å². The van der Waals surface area contributed by atoms with Crippen LogP contribution in [-0.4, -0.2) is 23.8 Å². The molecule has 0 aliphatic rings. The lowest BCUT2D eigenvalue weighted by atomic mass is 10.2. The molecular weight excluding hydrogens is 286 g/mol. The predicted molar refractivity (Wildman–Crippen MR) is 86.1 cm³/mol. The van der Waals surface area contributed by atoms with Crippen LogP contribution in [0.5, 0.6) is 0 Å². The fourth-order valence-corrected chi connectivity index (χ4v) is 2.37. The van der Waals surface area contributed by atoms with E-state index in [0.29, 0.717) is 23.7 Å². The van der Waals surface area contributed by atoms with E-state index in [4.69, 9.17) is 10.5 Å². The van der Waals surface area contributed by atoms with E-state index in [1.165, 1.54) is 6.20 Å². The summed E-state index contributed by atoms with van der Waals surface area (Å²) in [5.41, 5.74) is 7.34. The number of nitrogens with two attached hydrogens (primary N) is 1. The smallest absolute Gasteiger partial charge is 0.341 e. The van der Waals surface area contributed by atoms with Gasteiger partial charge in [0.05, 0.1) is 24.2 Å². The maximum absolute atomic E-state index is 12.0. The molecule has 0 aliphatic carbocycles. The molecule has 21 heavy (non-hydrogen) atoms. The number of nitrogens with zero attached hydrogens (tertiary/aromatic N) is 1. The third kappa shape index (κ3) is 3.66. The Hall–Kier alpha value is -2.21. The molecule has 3 N–H and O–H groups in total. The largest absolute Gasteiger partial charge is 0.462 e. The Labute approximate surface area is 127 Å². The summed E-state index contributed by atoms with van der Waals surface area (Å²) in [6, 6.07) is 9.37. The maximum atomic E-state index is 12.0. The number of para-hydroxylation sites is 1. The van der Waals surface area contributed by atoms with Crippen LogP contribution in [0.4, 0.5) is 17.2 Å². The lowest BCUT2D eigenvalue weighted by Crippen LogP contribution is -2.10.